The van der Waals surface area contributed by atoms with E-state index in [1.54, 1.807) is 18.2 Å². The van der Waals surface area contributed by atoms with Crippen molar-refractivity contribution in [2.75, 3.05) is 39.6 Å². The molecule has 2 atom stereocenters. The number of rotatable bonds is 9. The van der Waals surface area contributed by atoms with Gasteiger partial charge in [-0.2, -0.15) is 0 Å². The molecule has 0 aromatic heterocycles. The van der Waals surface area contributed by atoms with Gasteiger partial charge in [-0.05, 0) is 55.5 Å². The van der Waals surface area contributed by atoms with E-state index in [2.05, 4.69) is 4.90 Å². The van der Waals surface area contributed by atoms with Crippen molar-refractivity contribution in [3.05, 3.63) is 53.8 Å². The molecule has 2 aromatic rings. The number of hydrogen-bond donors (Lipinski definition) is 0. The lowest BCUT2D eigenvalue weighted by atomic mass is 10.1. The van der Waals surface area contributed by atoms with E-state index in [0.717, 1.165) is 49.4 Å². The monoisotopic (exact) mass is 470 g/mol. The molecule has 0 saturated carbocycles. The Balaban J connectivity index is 1.37. The van der Waals surface area contributed by atoms with Crippen LogP contribution < -0.4 is 14.2 Å². The van der Waals surface area contributed by atoms with Gasteiger partial charge in [-0.1, -0.05) is 18.2 Å². The lowest BCUT2D eigenvalue weighted by molar-refractivity contribution is -0.138. The van der Waals surface area contributed by atoms with Crippen LogP contribution in [-0.4, -0.2) is 67.5 Å². The Morgan fingerprint density at radius 1 is 1.12 bits per heavy atom. The number of halogens is 1. The van der Waals surface area contributed by atoms with Gasteiger partial charge < -0.3 is 23.8 Å². The molecule has 3 heterocycles. The standard InChI is InChI=1S/C26H31FN2O5/c27-21-7-1-2-8-22(21)34-25(26(30)29-11-3-4-12-29)17-28(16-20-6-5-13-31-20)15-19-9-10-23-24(14-19)33-18-32-23/h1-2,7-10,14,20,25H,3-6,11-13,15-18H2. The Morgan fingerprint density at radius 3 is 2.74 bits per heavy atom. The Kier molecular flexibility index (Phi) is 7.16. The Bertz CT molecular complexity index is 991. The summed E-state index contributed by atoms with van der Waals surface area (Å²) in [6.07, 6.45) is 3.26. The van der Waals surface area contributed by atoms with Gasteiger partial charge in [0.25, 0.3) is 5.91 Å². The van der Waals surface area contributed by atoms with Crippen LogP contribution in [0.5, 0.6) is 17.2 Å². The van der Waals surface area contributed by atoms with Crippen LogP contribution in [-0.2, 0) is 16.1 Å². The van der Waals surface area contributed by atoms with Gasteiger partial charge in [-0.3, -0.25) is 9.69 Å². The van der Waals surface area contributed by atoms with Gasteiger partial charge in [0, 0.05) is 39.3 Å². The number of likely N-dealkylation sites (tertiary alicyclic amines) is 1. The molecule has 2 unspecified atom stereocenters. The van der Waals surface area contributed by atoms with Crippen molar-refractivity contribution in [3.8, 4) is 17.2 Å². The van der Waals surface area contributed by atoms with Crippen molar-refractivity contribution in [1.29, 1.82) is 0 Å². The zero-order valence-electron chi connectivity index (χ0n) is 19.3. The number of carbonyl (C=O) groups excluding carboxylic acids is 1. The van der Waals surface area contributed by atoms with Gasteiger partial charge >= 0.3 is 0 Å². The summed E-state index contributed by atoms with van der Waals surface area (Å²) < 4.78 is 37.3. The van der Waals surface area contributed by atoms with E-state index in [1.807, 2.05) is 23.1 Å². The van der Waals surface area contributed by atoms with Gasteiger partial charge in [0.15, 0.2) is 29.2 Å². The van der Waals surface area contributed by atoms with E-state index in [4.69, 9.17) is 18.9 Å². The molecule has 3 aliphatic heterocycles. The third-order valence-corrected chi connectivity index (χ3v) is 6.55. The minimum Gasteiger partial charge on any atom is -0.476 e. The number of benzene rings is 2. The molecule has 7 nitrogen and oxygen atoms in total. The van der Waals surface area contributed by atoms with Gasteiger partial charge in [-0.25, -0.2) is 4.39 Å². The molecule has 8 heteroatoms. The second kappa shape index (κ2) is 10.6. The minimum atomic E-state index is -0.814. The van der Waals surface area contributed by atoms with Crippen molar-refractivity contribution in [1.82, 2.24) is 9.80 Å². The van der Waals surface area contributed by atoms with E-state index in [0.29, 0.717) is 32.7 Å². The van der Waals surface area contributed by atoms with E-state index in [-0.39, 0.29) is 24.6 Å². The van der Waals surface area contributed by atoms with Gasteiger partial charge in [-0.15, -0.1) is 0 Å². The molecule has 0 radical (unpaired) electrons. The highest BCUT2D eigenvalue weighted by Crippen LogP contribution is 2.33. The second-order valence-corrected chi connectivity index (χ2v) is 9.09. The fourth-order valence-electron chi connectivity index (χ4n) is 4.81. The minimum absolute atomic E-state index is 0.0937. The highest BCUT2D eigenvalue weighted by molar-refractivity contribution is 5.81. The third kappa shape index (κ3) is 5.45. The summed E-state index contributed by atoms with van der Waals surface area (Å²) in [6, 6.07) is 12.1. The maximum atomic E-state index is 14.4. The molecule has 0 spiro atoms. The van der Waals surface area contributed by atoms with Crippen LogP contribution in [0.25, 0.3) is 0 Å². The van der Waals surface area contributed by atoms with E-state index in [1.165, 1.54) is 6.07 Å². The fraction of sp³-hybridized carbons (Fsp3) is 0.500. The highest BCUT2D eigenvalue weighted by atomic mass is 19.1. The largest absolute Gasteiger partial charge is 0.476 e. The molecular formula is C26H31FN2O5. The first-order chi connectivity index (χ1) is 16.7. The average Bonchev–Trinajstić information content (AvgIpc) is 3.62. The first-order valence-corrected chi connectivity index (χ1v) is 12.1. The molecule has 3 aliphatic rings. The molecule has 2 saturated heterocycles. The molecule has 0 N–H and O–H groups in total. The molecule has 34 heavy (non-hydrogen) atoms. The summed E-state index contributed by atoms with van der Waals surface area (Å²) in [5, 5.41) is 0. The van der Waals surface area contributed by atoms with Crippen LogP contribution in [0, 0.1) is 5.82 Å². The maximum Gasteiger partial charge on any atom is 0.265 e. The summed E-state index contributed by atoms with van der Waals surface area (Å²) in [7, 11) is 0. The Hall–Kier alpha value is -2.84. The molecule has 0 bridgehead atoms. The third-order valence-electron chi connectivity index (χ3n) is 6.55. The van der Waals surface area contributed by atoms with E-state index < -0.39 is 11.9 Å². The molecule has 5 rings (SSSR count). The van der Waals surface area contributed by atoms with Gasteiger partial charge in [0.05, 0.1) is 6.10 Å². The fourth-order valence-corrected chi connectivity index (χ4v) is 4.81. The number of amides is 1. The summed E-state index contributed by atoms with van der Waals surface area (Å²) >= 11 is 0. The zero-order chi connectivity index (χ0) is 23.3. The van der Waals surface area contributed by atoms with Crippen molar-refractivity contribution in [2.24, 2.45) is 0 Å². The SMILES string of the molecule is O=C(C(CN(Cc1ccc2c(c1)OCO2)CC1CCCO1)Oc1ccccc1F)N1CCCC1. The van der Waals surface area contributed by atoms with E-state index >= 15 is 0 Å². The van der Waals surface area contributed by atoms with Crippen LogP contribution in [0.4, 0.5) is 4.39 Å². The lowest BCUT2D eigenvalue weighted by Crippen LogP contribution is -2.48. The van der Waals surface area contributed by atoms with Crippen LogP contribution in [0.15, 0.2) is 42.5 Å². The zero-order valence-corrected chi connectivity index (χ0v) is 19.3. The predicted molar refractivity (Wildman–Crippen MR) is 123 cm³/mol. The van der Waals surface area contributed by atoms with Crippen molar-refractivity contribution in [3.63, 3.8) is 0 Å². The first-order valence-electron chi connectivity index (χ1n) is 12.1. The number of fused-ring (bicyclic) bond motifs is 1. The van der Waals surface area contributed by atoms with Gasteiger partial charge in [0.2, 0.25) is 6.79 Å². The normalized spacial score (nSPS) is 20.2. The van der Waals surface area contributed by atoms with E-state index in [9.17, 15) is 9.18 Å². The molecular weight excluding hydrogens is 439 g/mol. The van der Waals surface area contributed by atoms with Crippen LogP contribution in [0.2, 0.25) is 0 Å². The Morgan fingerprint density at radius 2 is 1.94 bits per heavy atom. The van der Waals surface area contributed by atoms with Crippen molar-refractivity contribution in [2.45, 2.75) is 44.4 Å². The molecule has 2 fully saturated rings. The summed E-state index contributed by atoms with van der Waals surface area (Å²) in [4.78, 5) is 17.4. The molecule has 0 aliphatic carbocycles. The number of ether oxygens (including phenoxy) is 4. The molecule has 182 valence electrons. The van der Waals surface area contributed by atoms with Crippen LogP contribution in [0.1, 0.15) is 31.2 Å². The summed E-state index contributed by atoms with van der Waals surface area (Å²) in [5.74, 6) is 0.994. The predicted octanol–water partition coefficient (Wildman–Crippen LogP) is 3.61. The molecule has 2 aromatic carbocycles. The summed E-state index contributed by atoms with van der Waals surface area (Å²) in [6.45, 7) is 3.98. The summed E-state index contributed by atoms with van der Waals surface area (Å²) in [5.41, 5.74) is 1.04. The van der Waals surface area contributed by atoms with Gasteiger partial charge in [0.1, 0.15) is 0 Å². The first kappa shape index (κ1) is 22.9. The van der Waals surface area contributed by atoms with Crippen molar-refractivity contribution < 1.29 is 28.1 Å². The Labute approximate surface area is 199 Å². The van der Waals surface area contributed by atoms with Crippen molar-refractivity contribution >= 4 is 5.91 Å². The van der Waals surface area contributed by atoms with Crippen LogP contribution >= 0.6 is 0 Å². The number of nitrogens with zero attached hydrogens (tertiary/aromatic N) is 2. The lowest BCUT2D eigenvalue weighted by Gasteiger charge is -2.31. The number of hydrogen-bond acceptors (Lipinski definition) is 6. The molecule has 1 amide bonds. The highest BCUT2D eigenvalue weighted by Gasteiger charge is 2.32. The number of carbonyl (C=O) groups is 1. The quantitative estimate of drug-likeness (QED) is 0.558. The van der Waals surface area contributed by atoms with Crippen LogP contribution in [0.3, 0.4) is 0 Å². The number of para-hydroxylation sites is 1. The topological polar surface area (TPSA) is 60.5 Å². The average molecular weight is 471 g/mol. The smallest absolute Gasteiger partial charge is 0.265 e. The maximum absolute atomic E-state index is 14.4. The second-order valence-electron chi connectivity index (χ2n) is 9.09.